The molecule has 0 fully saturated rings. The quantitative estimate of drug-likeness (QED) is 0.368. The Morgan fingerprint density at radius 3 is 2.50 bits per heavy atom. The molecule has 0 radical (unpaired) electrons. The first-order chi connectivity index (χ1) is 14.3. The predicted octanol–water partition coefficient (Wildman–Crippen LogP) is 2.67. The minimum atomic E-state index is -0.892. The van der Waals surface area contributed by atoms with Crippen LogP contribution >= 0.6 is 0 Å². The third kappa shape index (κ3) is 6.68. The number of aromatic nitrogens is 1. The Morgan fingerprint density at radius 1 is 1.10 bits per heavy atom. The highest BCUT2D eigenvalue weighted by Crippen LogP contribution is 2.19. The Kier molecular flexibility index (Phi) is 8.52. The average Bonchev–Trinajstić information content (AvgIpc) is 3.09. The standard InChI is InChI=1S/C21H30N4O5/c1-5-30-21(28)25-18(10-13(2)3)24-20(27)23-17(19(26)29-4)11-14-12-22-16-9-7-6-8-15(14)16/h6-9,12-13,17-18,22H,5,10-11H2,1-4H3,(H,25,28)(H2,23,24,27)/t17-,18-/m0/s1. The van der Waals surface area contributed by atoms with Gasteiger partial charge in [-0.2, -0.15) is 0 Å². The molecule has 0 aliphatic heterocycles. The summed E-state index contributed by atoms with van der Waals surface area (Å²) in [6, 6.07) is 6.22. The number of nitrogens with one attached hydrogen (secondary N) is 4. The SMILES string of the molecule is CCOC(=O)N[C@@H](CC(C)C)NC(=O)N[C@@H](Cc1c[nH]c2ccccc12)C(=O)OC. The second-order valence-electron chi connectivity index (χ2n) is 7.30. The largest absolute Gasteiger partial charge is 0.467 e. The molecule has 0 aliphatic carbocycles. The second-order valence-corrected chi connectivity index (χ2v) is 7.30. The number of ether oxygens (including phenoxy) is 2. The molecule has 9 nitrogen and oxygen atoms in total. The van der Waals surface area contributed by atoms with E-state index < -0.39 is 30.3 Å². The number of urea groups is 1. The summed E-state index contributed by atoms with van der Waals surface area (Å²) in [6.45, 7) is 5.85. The normalized spacial score (nSPS) is 12.8. The van der Waals surface area contributed by atoms with Crippen molar-refractivity contribution in [3.8, 4) is 0 Å². The van der Waals surface area contributed by atoms with Crippen LogP contribution in [-0.4, -0.2) is 49.0 Å². The Hall–Kier alpha value is -3.23. The first-order valence-electron chi connectivity index (χ1n) is 9.97. The van der Waals surface area contributed by atoms with Gasteiger partial charge in [-0.3, -0.25) is 0 Å². The molecule has 30 heavy (non-hydrogen) atoms. The van der Waals surface area contributed by atoms with E-state index in [1.807, 2.05) is 44.3 Å². The van der Waals surface area contributed by atoms with Crippen LogP contribution in [-0.2, 0) is 20.7 Å². The van der Waals surface area contributed by atoms with E-state index in [1.165, 1.54) is 7.11 Å². The van der Waals surface area contributed by atoms with Crippen molar-refractivity contribution in [2.24, 2.45) is 5.92 Å². The van der Waals surface area contributed by atoms with Crippen molar-refractivity contribution in [2.45, 2.75) is 45.8 Å². The Morgan fingerprint density at radius 2 is 1.83 bits per heavy atom. The van der Waals surface area contributed by atoms with Crippen LogP contribution in [0.5, 0.6) is 0 Å². The molecule has 3 amide bonds. The fourth-order valence-electron chi connectivity index (χ4n) is 3.15. The van der Waals surface area contributed by atoms with Gasteiger partial charge in [-0.1, -0.05) is 32.0 Å². The van der Waals surface area contributed by atoms with Gasteiger partial charge in [0.25, 0.3) is 0 Å². The molecule has 2 rings (SSSR count). The lowest BCUT2D eigenvalue weighted by Gasteiger charge is -2.23. The number of para-hydroxylation sites is 1. The van der Waals surface area contributed by atoms with Crippen molar-refractivity contribution < 1.29 is 23.9 Å². The molecule has 0 spiro atoms. The van der Waals surface area contributed by atoms with E-state index in [9.17, 15) is 14.4 Å². The Bertz CT molecular complexity index is 864. The van der Waals surface area contributed by atoms with E-state index in [1.54, 1.807) is 6.92 Å². The van der Waals surface area contributed by atoms with Gasteiger partial charge >= 0.3 is 18.1 Å². The number of amides is 3. The van der Waals surface area contributed by atoms with Crippen molar-refractivity contribution in [3.05, 3.63) is 36.0 Å². The summed E-state index contributed by atoms with van der Waals surface area (Å²) >= 11 is 0. The fourth-order valence-corrected chi connectivity index (χ4v) is 3.15. The zero-order valence-corrected chi connectivity index (χ0v) is 17.8. The van der Waals surface area contributed by atoms with Gasteiger partial charge in [-0.25, -0.2) is 14.4 Å². The number of alkyl carbamates (subject to hydrolysis) is 1. The summed E-state index contributed by atoms with van der Waals surface area (Å²) in [5, 5.41) is 8.92. The molecule has 4 N–H and O–H groups in total. The summed E-state index contributed by atoms with van der Waals surface area (Å²) in [6.07, 6.45) is 1.30. The molecule has 2 atom stereocenters. The van der Waals surface area contributed by atoms with Gasteiger partial charge in [0.15, 0.2) is 0 Å². The highest BCUT2D eigenvalue weighted by atomic mass is 16.5. The summed E-state index contributed by atoms with van der Waals surface area (Å²) in [7, 11) is 1.27. The molecule has 9 heteroatoms. The van der Waals surface area contributed by atoms with Crippen LogP contribution in [0.1, 0.15) is 32.8 Å². The lowest BCUT2D eigenvalue weighted by atomic mass is 10.1. The summed E-state index contributed by atoms with van der Waals surface area (Å²) < 4.78 is 9.74. The van der Waals surface area contributed by atoms with Gasteiger partial charge in [0.05, 0.1) is 13.7 Å². The van der Waals surface area contributed by atoms with Gasteiger partial charge in [0.2, 0.25) is 0 Å². The van der Waals surface area contributed by atoms with E-state index in [2.05, 4.69) is 20.9 Å². The van der Waals surface area contributed by atoms with E-state index in [4.69, 9.17) is 9.47 Å². The zero-order chi connectivity index (χ0) is 22.1. The lowest BCUT2D eigenvalue weighted by Crippen LogP contribution is -2.55. The number of rotatable bonds is 9. The van der Waals surface area contributed by atoms with Crippen LogP contribution in [0.2, 0.25) is 0 Å². The summed E-state index contributed by atoms with van der Waals surface area (Å²) in [4.78, 5) is 39.7. The predicted molar refractivity (Wildman–Crippen MR) is 113 cm³/mol. The van der Waals surface area contributed by atoms with Gasteiger partial charge in [-0.15, -0.1) is 0 Å². The number of fused-ring (bicyclic) bond motifs is 1. The molecule has 1 aromatic heterocycles. The van der Waals surface area contributed by atoms with Crippen LogP contribution < -0.4 is 16.0 Å². The molecular formula is C21H30N4O5. The van der Waals surface area contributed by atoms with Crippen LogP contribution in [0.15, 0.2) is 30.5 Å². The summed E-state index contributed by atoms with van der Waals surface area (Å²) in [5.41, 5.74) is 1.82. The number of methoxy groups -OCH3 is 1. The third-order valence-electron chi connectivity index (χ3n) is 4.47. The molecule has 0 saturated carbocycles. The number of carbonyl (C=O) groups is 3. The van der Waals surface area contributed by atoms with Gasteiger partial charge in [0.1, 0.15) is 12.2 Å². The maximum absolute atomic E-state index is 12.6. The first-order valence-corrected chi connectivity index (χ1v) is 9.97. The third-order valence-corrected chi connectivity index (χ3v) is 4.47. The number of carbonyl (C=O) groups excluding carboxylic acids is 3. The van der Waals surface area contributed by atoms with E-state index >= 15 is 0 Å². The zero-order valence-electron chi connectivity index (χ0n) is 17.8. The van der Waals surface area contributed by atoms with Crippen LogP contribution in [0.4, 0.5) is 9.59 Å². The average molecular weight is 418 g/mol. The van der Waals surface area contributed by atoms with Crippen molar-refractivity contribution in [1.82, 2.24) is 20.9 Å². The monoisotopic (exact) mass is 418 g/mol. The molecule has 0 saturated heterocycles. The number of H-pyrrole nitrogens is 1. The van der Waals surface area contributed by atoms with Gasteiger partial charge in [-0.05, 0) is 30.9 Å². The molecule has 0 unspecified atom stereocenters. The number of benzene rings is 1. The topological polar surface area (TPSA) is 122 Å². The van der Waals surface area contributed by atoms with Crippen molar-refractivity contribution in [2.75, 3.05) is 13.7 Å². The molecule has 0 bridgehead atoms. The Labute approximate surface area is 175 Å². The number of aromatic amines is 1. The van der Waals surface area contributed by atoms with Crippen LogP contribution in [0.25, 0.3) is 10.9 Å². The molecule has 164 valence electrons. The minimum Gasteiger partial charge on any atom is -0.467 e. The number of hydrogen-bond donors (Lipinski definition) is 4. The highest BCUT2D eigenvalue weighted by Gasteiger charge is 2.25. The van der Waals surface area contributed by atoms with Crippen LogP contribution in [0, 0.1) is 5.92 Å². The summed E-state index contributed by atoms with van der Waals surface area (Å²) in [5.74, 6) is -0.353. The van der Waals surface area contributed by atoms with Crippen LogP contribution in [0.3, 0.4) is 0 Å². The number of hydrogen-bond acceptors (Lipinski definition) is 5. The van der Waals surface area contributed by atoms with Gasteiger partial charge in [0, 0.05) is 23.5 Å². The Balaban J connectivity index is 2.07. The highest BCUT2D eigenvalue weighted by molar-refractivity contribution is 5.87. The molecule has 2 aromatic rings. The van der Waals surface area contributed by atoms with Crippen molar-refractivity contribution in [3.63, 3.8) is 0 Å². The lowest BCUT2D eigenvalue weighted by molar-refractivity contribution is -0.142. The van der Waals surface area contributed by atoms with E-state index in [0.717, 1.165) is 16.5 Å². The first kappa shape index (κ1) is 23.1. The smallest absolute Gasteiger partial charge is 0.408 e. The fraction of sp³-hybridized carbons (Fsp3) is 0.476. The maximum Gasteiger partial charge on any atom is 0.408 e. The minimum absolute atomic E-state index is 0.208. The number of esters is 1. The molecule has 1 aromatic carbocycles. The molecular weight excluding hydrogens is 388 g/mol. The van der Waals surface area contributed by atoms with Gasteiger partial charge < -0.3 is 30.4 Å². The van der Waals surface area contributed by atoms with Crippen molar-refractivity contribution in [1.29, 1.82) is 0 Å². The van der Waals surface area contributed by atoms with Crippen molar-refractivity contribution >= 4 is 29.0 Å². The molecule has 1 heterocycles. The maximum atomic E-state index is 12.6. The van der Waals surface area contributed by atoms with E-state index in [-0.39, 0.29) is 18.9 Å². The second kappa shape index (κ2) is 11.1. The van der Waals surface area contributed by atoms with E-state index in [0.29, 0.717) is 6.42 Å². The molecule has 0 aliphatic rings.